The second kappa shape index (κ2) is 6.77. The van der Waals surface area contributed by atoms with Crippen LogP contribution in [0.25, 0.3) is 0 Å². The van der Waals surface area contributed by atoms with Gasteiger partial charge in [-0.1, -0.05) is 12.2 Å². The molecule has 0 spiro atoms. The highest BCUT2D eigenvalue weighted by molar-refractivity contribution is 5.78. The lowest BCUT2D eigenvalue weighted by atomic mass is 10.1. The molecule has 0 aliphatic heterocycles. The van der Waals surface area contributed by atoms with Gasteiger partial charge in [-0.05, 0) is 34.7 Å². The molecule has 100 valence electrons. The summed E-state index contributed by atoms with van der Waals surface area (Å²) in [6.45, 7) is 13.2. The van der Waals surface area contributed by atoms with E-state index in [1.165, 1.54) is 0 Å². The Balaban J connectivity index is 4.26. The monoisotopic (exact) mass is 242 g/mol. The summed E-state index contributed by atoms with van der Waals surface area (Å²) in [6.07, 6.45) is 0. The van der Waals surface area contributed by atoms with Crippen molar-refractivity contribution in [2.24, 2.45) is 0 Å². The predicted octanol–water partition coefficient (Wildman–Crippen LogP) is 1.11. The minimum Gasteiger partial charge on any atom is -0.389 e. The molecule has 0 radical (unpaired) electrons. The van der Waals surface area contributed by atoms with Crippen LogP contribution in [0.15, 0.2) is 12.2 Å². The van der Waals surface area contributed by atoms with Crippen molar-refractivity contribution < 1.29 is 9.90 Å². The van der Waals surface area contributed by atoms with Crippen molar-refractivity contribution in [3.63, 3.8) is 0 Å². The molecule has 0 saturated heterocycles. The van der Waals surface area contributed by atoms with E-state index in [0.29, 0.717) is 26.2 Å². The van der Waals surface area contributed by atoms with Crippen LogP contribution in [0.2, 0.25) is 0 Å². The molecule has 4 nitrogen and oxygen atoms in total. The van der Waals surface area contributed by atoms with E-state index in [1.807, 2.05) is 25.8 Å². The van der Waals surface area contributed by atoms with E-state index >= 15 is 0 Å². The van der Waals surface area contributed by atoms with Crippen LogP contribution < -0.4 is 0 Å². The summed E-state index contributed by atoms with van der Waals surface area (Å²) in [5.74, 6) is 0.0715. The first-order valence-electron chi connectivity index (χ1n) is 5.98. The van der Waals surface area contributed by atoms with Crippen LogP contribution in [0, 0.1) is 0 Å². The summed E-state index contributed by atoms with van der Waals surface area (Å²) < 4.78 is 0. The number of carbonyl (C=O) groups is 1. The van der Waals surface area contributed by atoms with Gasteiger partial charge in [-0.15, -0.1) is 0 Å². The second-order valence-corrected chi connectivity index (χ2v) is 5.35. The molecule has 17 heavy (non-hydrogen) atoms. The van der Waals surface area contributed by atoms with Gasteiger partial charge in [0.05, 0.1) is 12.1 Å². The van der Waals surface area contributed by atoms with Gasteiger partial charge in [0.15, 0.2) is 0 Å². The normalized spacial score (nSPS) is 11.7. The van der Waals surface area contributed by atoms with Gasteiger partial charge in [-0.25, -0.2) is 0 Å². The largest absolute Gasteiger partial charge is 0.389 e. The van der Waals surface area contributed by atoms with E-state index in [0.717, 1.165) is 5.57 Å². The molecule has 4 heteroatoms. The van der Waals surface area contributed by atoms with Gasteiger partial charge in [0.2, 0.25) is 5.91 Å². The Morgan fingerprint density at radius 2 is 1.88 bits per heavy atom. The van der Waals surface area contributed by atoms with Crippen LogP contribution in [0.1, 0.15) is 27.7 Å². The van der Waals surface area contributed by atoms with Crippen LogP contribution in [0.5, 0.6) is 0 Å². The predicted molar refractivity (Wildman–Crippen MR) is 70.9 cm³/mol. The highest BCUT2D eigenvalue weighted by Crippen LogP contribution is 2.04. The van der Waals surface area contributed by atoms with Gasteiger partial charge >= 0.3 is 0 Å². The summed E-state index contributed by atoms with van der Waals surface area (Å²) in [4.78, 5) is 15.6. The summed E-state index contributed by atoms with van der Waals surface area (Å²) in [6, 6.07) is 0. The minimum atomic E-state index is -0.777. The van der Waals surface area contributed by atoms with Crippen LogP contribution in [0.4, 0.5) is 0 Å². The third-order valence-corrected chi connectivity index (χ3v) is 2.26. The minimum absolute atomic E-state index is 0.0715. The number of hydrogen-bond donors (Lipinski definition) is 1. The van der Waals surface area contributed by atoms with Crippen molar-refractivity contribution in [3.05, 3.63) is 12.2 Å². The average Bonchev–Trinajstić information content (AvgIpc) is 2.10. The SMILES string of the molecule is C=C(C)CN(CC)C(=O)CN(C)CC(C)(C)O. The van der Waals surface area contributed by atoms with Crippen molar-refractivity contribution in [3.8, 4) is 0 Å². The topological polar surface area (TPSA) is 43.8 Å². The smallest absolute Gasteiger partial charge is 0.237 e. The summed E-state index contributed by atoms with van der Waals surface area (Å²) >= 11 is 0. The summed E-state index contributed by atoms with van der Waals surface area (Å²) in [7, 11) is 1.84. The van der Waals surface area contributed by atoms with Crippen LogP contribution >= 0.6 is 0 Å². The Kier molecular flexibility index (Phi) is 6.42. The number of likely N-dealkylation sites (N-methyl/N-ethyl adjacent to an activating group) is 2. The fourth-order valence-corrected chi connectivity index (χ4v) is 1.75. The molecule has 0 rings (SSSR count). The molecule has 0 aliphatic carbocycles. The summed E-state index contributed by atoms with van der Waals surface area (Å²) in [5, 5.41) is 9.66. The third kappa shape index (κ3) is 7.94. The lowest BCUT2D eigenvalue weighted by Crippen LogP contribution is -2.44. The van der Waals surface area contributed by atoms with E-state index < -0.39 is 5.60 Å². The lowest BCUT2D eigenvalue weighted by Gasteiger charge is -2.28. The van der Waals surface area contributed by atoms with Gasteiger partial charge in [-0.2, -0.15) is 0 Å². The molecule has 0 aliphatic rings. The average molecular weight is 242 g/mol. The maximum Gasteiger partial charge on any atom is 0.237 e. The Bertz CT molecular complexity index is 269. The molecule has 0 heterocycles. The molecule has 0 aromatic rings. The van der Waals surface area contributed by atoms with Gasteiger partial charge in [0.1, 0.15) is 0 Å². The molecule has 0 aromatic carbocycles. The van der Waals surface area contributed by atoms with Crippen LogP contribution in [-0.2, 0) is 4.79 Å². The maximum absolute atomic E-state index is 12.0. The Hall–Kier alpha value is -0.870. The number of carbonyl (C=O) groups excluding carboxylic acids is 1. The lowest BCUT2D eigenvalue weighted by molar-refractivity contribution is -0.132. The zero-order valence-corrected chi connectivity index (χ0v) is 11.8. The Morgan fingerprint density at radius 3 is 2.24 bits per heavy atom. The number of rotatable bonds is 7. The first kappa shape index (κ1) is 16.1. The third-order valence-electron chi connectivity index (χ3n) is 2.26. The van der Waals surface area contributed by atoms with E-state index in [2.05, 4.69) is 6.58 Å². The summed E-state index contributed by atoms with van der Waals surface area (Å²) in [5.41, 5.74) is 0.200. The highest BCUT2D eigenvalue weighted by Gasteiger charge is 2.19. The molecular formula is C13H26N2O2. The van der Waals surface area contributed by atoms with Gasteiger partial charge in [0.25, 0.3) is 0 Å². The van der Waals surface area contributed by atoms with Gasteiger partial charge in [0, 0.05) is 19.6 Å². The van der Waals surface area contributed by atoms with Crippen LogP contribution in [-0.4, -0.2) is 59.6 Å². The van der Waals surface area contributed by atoms with E-state index in [1.54, 1.807) is 18.7 Å². The fourth-order valence-electron chi connectivity index (χ4n) is 1.75. The van der Waals surface area contributed by atoms with Crippen molar-refractivity contribution in [1.29, 1.82) is 0 Å². The molecule has 0 saturated carbocycles. The fraction of sp³-hybridized carbons (Fsp3) is 0.769. The van der Waals surface area contributed by atoms with E-state index in [-0.39, 0.29) is 5.91 Å². The molecular weight excluding hydrogens is 216 g/mol. The number of amides is 1. The van der Waals surface area contributed by atoms with Crippen molar-refractivity contribution in [2.45, 2.75) is 33.3 Å². The second-order valence-electron chi connectivity index (χ2n) is 5.35. The zero-order valence-electron chi connectivity index (χ0n) is 11.8. The Morgan fingerprint density at radius 1 is 1.35 bits per heavy atom. The maximum atomic E-state index is 12.0. The van der Waals surface area contributed by atoms with Crippen molar-refractivity contribution in [1.82, 2.24) is 9.80 Å². The molecule has 0 atom stereocenters. The zero-order chi connectivity index (χ0) is 13.6. The van der Waals surface area contributed by atoms with Crippen molar-refractivity contribution >= 4 is 5.91 Å². The molecule has 0 unspecified atom stereocenters. The van der Waals surface area contributed by atoms with Crippen LogP contribution in [0.3, 0.4) is 0 Å². The van der Waals surface area contributed by atoms with Crippen molar-refractivity contribution in [2.75, 3.05) is 33.2 Å². The molecule has 1 N–H and O–H groups in total. The van der Waals surface area contributed by atoms with E-state index in [4.69, 9.17) is 0 Å². The number of aliphatic hydroxyl groups is 1. The molecule has 0 aromatic heterocycles. The quantitative estimate of drug-likeness (QED) is 0.680. The van der Waals surface area contributed by atoms with Gasteiger partial charge < -0.3 is 10.0 Å². The molecule has 0 bridgehead atoms. The van der Waals surface area contributed by atoms with E-state index in [9.17, 15) is 9.90 Å². The Labute approximate surface area is 105 Å². The first-order valence-corrected chi connectivity index (χ1v) is 5.98. The van der Waals surface area contributed by atoms with Gasteiger partial charge in [-0.3, -0.25) is 9.69 Å². The number of hydrogen-bond acceptors (Lipinski definition) is 3. The highest BCUT2D eigenvalue weighted by atomic mass is 16.3. The number of nitrogens with zero attached hydrogens (tertiary/aromatic N) is 2. The molecule has 0 fully saturated rings. The standard InChI is InChI=1S/C13H26N2O2/c1-7-15(8-11(2)3)12(16)9-14(6)10-13(4,5)17/h17H,2,7-10H2,1,3-6H3. The first-order chi connectivity index (χ1) is 7.65. The molecule has 1 amide bonds.